The SMILES string of the molecule is Cn1c(-c2ncno2)nc2c1CN(O)C2. The standard InChI is InChI=1S/C8H9N5O2/c1-12-6-3-13(14)2-5(6)11-7(12)8-9-4-10-15-8/h4,14H,2-3H2,1H3. The average Bonchev–Trinajstić information content (AvgIpc) is 2.84. The zero-order valence-electron chi connectivity index (χ0n) is 8.08. The normalized spacial score (nSPS) is 15.9. The number of imidazole rings is 1. The third kappa shape index (κ3) is 1.17. The highest BCUT2D eigenvalue weighted by Crippen LogP contribution is 2.25. The van der Waals surface area contributed by atoms with Gasteiger partial charge in [0.2, 0.25) is 0 Å². The molecule has 1 aliphatic rings. The van der Waals surface area contributed by atoms with Gasteiger partial charge in [0.05, 0.1) is 24.5 Å². The minimum Gasteiger partial charge on any atom is -0.331 e. The fourth-order valence-electron chi connectivity index (χ4n) is 1.78. The van der Waals surface area contributed by atoms with Crippen molar-refractivity contribution in [3.05, 3.63) is 17.7 Å². The number of rotatable bonds is 1. The van der Waals surface area contributed by atoms with Gasteiger partial charge in [-0.25, -0.2) is 4.98 Å². The van der Waals surface area contributed by atoms with Crippen LogP contribution in [0, 0.1) is 0 Å². The molecule has 0 saturated carbocycles. The second-order valence-corrected chi connectivity index (χ2v) is 3.46. The highest BCUT2D eigenvalue weighted by atomic mass is 16.5. The van der Waals surface area contributed by atoms with Gasteiger partial charge in [-0.2, -0.15) is 10.0 Å². The van der Waals surface area contributed by atoms with Gasteiger partial charge in [0.1, 0.15) is 0 Å². The van der Waals surface area contributed by atoms with Crippen molar-refractivity contribution in [2.45, 2.75) is 13.1 Å². The Morgan fingerprint density at radius 2 is 2.33 bits per heavy atom. The van der Waals surface area contributed by atoms with E-state index < -0.39 is 0 Å². The third-order valence-electron chi connectivity index (χ3n) is 2.51. The first-order valence-electron chi connectivity index (χ1n) is 4.51. The Hall–Kier alpha value is -1.73. The van der Waals surface area contributed by atoms with Gasteiger partial charge in [-0.3, -0.25) is 0 Å². The maximum absolute atomic E-state index is 9.31. The van der Waals surface area contributed by atoms with Gasteiger partial charge in [0.25, 0.3) is 5.89 Å². The van der Waals surface area contributed by atoms with Crippen LogP contribution >= 0.6 is 0 Å². The molecule has 7 nitrogen and oxygen atoms in total. The molecule has 1 aliphatic heterocycles. The molecule has 0 radical (unpaired) electrons. The van der Waals surface area contributed by atoms with Gasteiger partial charge in [-0.05, 0) is 0 Å². The summed E-state index contributed by atoms with van der Waals surface area (Å²) in [6, 6.07) is 0. The van der Waals surface area contributed by atoms with E-state index in [4.69, 9.17) is 4.52 Å². The Balaban J connectivity index is 2.10. The van der Waals surface area contributed by atoms with E-state index in [1.807, 2.05) is 11.6 Å². The van der Waals surface area contributed by atoms with Crippen LogP contribution in [-0.4, -0.2) is 30.0 Å². The highest BCUT2D eigenvalue weighted by molar-refractivity contribution is 5.44. The molecule has 3 rings (SSSR count). The Morgan fingerprint density at radius 3 is 3.00 bits per heavy atom. The molecular formula is C8H9N5O2. The summed E-state index contributed by atoms with van der Waals surface area (Å²) >= 11 is 0. The lowest BCUT2D eigenvalue weighted by Crippen LogP contribution is -2.12. The van der Waals surface area contributed by atoms with Crippen LogP contribution in [-0.2, 0) is 20.1 Å². The summed E-state index contributed by atoms with van der Waals surface area (Å²) in [7, 11) is 1.87. The van der Waals surface area contributed by atoms with Crippen LogP contribution in [0.1, 0.15) is 11.4 Å². The molecule has 0 unspecified atom stereocenters. The molecule has 7 heteroatoms. The van der Waals surface area contributed by atoms with E-state index in [0.29, 0.717) is 24.8 Å². The Kier molecular flexibility index (Phi) is 1.64. The first-order valence-corrected chi connectivity index (χ1v) is 4.51. The van der Waals surface area contributed by atoms with Crippen LogP contribution in [0.4, 0.5) is 0 Å². The van der Waals surface area contributed by atoms with Crippen LogP contribution in [0.25, 0.3) is 11.7 Å². The van der Waals surface area contributed by atoms with Crippen molar-refractivity contribution >= 4 is 0 Å². The first-order chi connectivity index (χ1) is 7.25. The summed E-state index contributed by atoms with van der Waals surface area (Å²) in [6.45, 7) is 0.921. The van der Waals surface area contributed by atoms with Gasteiger partial charge in [0.15, 0.2) is 12.2 Å². The van der Waals surface area contributed by atoms with Crippen molar-refractivity contribution in [2.24, 2.45) is 7.05 Å². The maximum atomic E-state index is 9.31. The molecule has 0 aliphatic carbocycles. The molecule has 0 fully saturated rings. The van der Waals surface area contributed by atoms with Gasteiger partial charge < -0.3 is 14.3 Å². The van der Waals surface area contributed by atoms with E-state index in [1.165, 1.54) is 11.4 Å². The predicted octanol–water partition coefficient (Wildman–Crippen LogP) is 0.175. The number of fused-ring (bicyclic) bond motifs is 1. The quantitative estimate of drug-likeness (QED) is 0.718. The van der Waals surface area contributed by atoms with Crippen molar-refractivity contribution in [1.82, 2.24) is 24.8 Å². The molecule has 2 aromatic heterocycles. The Morgan fingerprint density at radius 1 is 1.47 bits per heavy atom. The van der Waals surface area contributed by atoms with Crippen molar-refractivity contribution in [3.63, 3.8) is 0 Å². The van der Waals surface area contributed by atoms with Crippen LogP contribution < -0.4 is 0 Å². The van der Waals surface area contributed by atoms with Gasteiger partial charge in [-0.1, -0.05) is 5.16 Å². The molecule has 1 N–H and O–H groups in total. The minimum absolute atomic E-state index is 0.399. The first kappa shape index (κ1) is 8.57. The van der Waals surface area contributed by atoms with Crippen LogP contribution in [0.15, 0.2) is 10.9 Å². The molecule has 0 amide bonds. The molecule has 0 aromatic carbocycles. The summed E-state index contributed by atoms with van der Waals surface area (Å²) in [4.78, 5) is 8.29. The molecule has 78 valence electrons. The number of aromatic nitrogens is 4. The highest BCUT2D eigenvalue weighted by Gasteiger charge is 2.26. The molecule has 15 heavy (non-hydrogen) atoms. The molecule has 0 spiro atoms. The topological polar surface area (TPSA) is 80.2 Å². The van der Waals surface area contributed by atoms with Gasteiger partial charge in [-0.15, -0.1) is 0 Å². The lowest BCUT2D eigenvalue weighted by Gasteiger charge is -2.05. The summed E-state index contributed by atoms with van der Waals surface area (Å²) in [6.07, 6.45) is 1.34. The van der Waals surface area contributed by atoms with Crippen LogP contribution in [0.5, 0.6) is 0 Å². The third-order valence-corrected chi connectivity index (χ3v) is 2.51. The number of hydrogen-bond acceptors (Lipinski definition) is 6. The fraction of sp³-hybridized carbons (Fsp3) is 0.375. The zero-order valence-corrected chi connectivity index (χ0v) is 8.08. The van der Waals surface area contributed by atoms with E-state index in [2.05, 4.69) is 15.1 Å². The van der Waals surface area contributed by atoms with Crippen LogP contribution in [0.3, 0.4) is 0 Å². The second-order valence-electron chi connectivity index (χ2n) is 3.46. The van der Waals surface area contributed by atoms with E-state index in [-0.39, 0.29) is 0 Å². The summed E-state index contributed by atoms with van der Waals surface area (Å²) in [5.41, 5.74) is 1.83. The monoisotopic (exact) mass is 207 g/mol. The Bertz CT molecular complexity index is 489. The van der Waals surface area contributed by atoms with E-state index >= 15 is 0 Å². The van der Waals surface area contributed by atoms with Crippen molar-refractivity contribution in [2.75, 3.05) is 0 Å². The Labute approximate surface area is 84.9 Å². The summed E-state index contributed by atoms with van der Waals surface area (Å²) in [5.74, 6) is 1.04. The van der Waals surface area contributed by atoms with E-state index in [1.54, 1.807) is 0 Å². The smallest absolute Gasteiger partial charge is 0.293 e. The number of nitrogens with zero attached hydrogens (tertiary/aromatic N) is 5. The van der Waals surface area contributed by atoms with Crippen molar-refractivity contribution < 1.29 is 9.73 Å². The zero-order chi connectivity index (χ0) is 10.4. The molecule has 2 aromatic rings. The lowest BCUT2D eigenvalue weighted by atomic mass is 10.4. The number of hydroxylamine groups is 2. The van der Waals surface area contributed by atoms with E-state index in [9.17, 15) is 5.21 Å². The molecule has 3 heterocycles. The van der Waals surface area contributed by atoms with Crippen molar-refractivity contribution in [1.29, 1.82) is 0 Å². The molecular weight excluding hydrogens is 198 g/mol. The molecule has 0 bridgehead atoms. The molecule has 0 atom stereocenters. The second kappa shape index (κ2) is 2.88. The van der Waals surface area contributed by atoms with E-state index in [0.717, 1.165) is 11.4 Å². The lowest BCUT2D eigenvalue weighted by molar-refractivity contribution is -0.0984. The minimum atomic E-state index is 0.399. The molecule has 0 saturated heterocycles. The van der Waals surface area contributed by atoms with Crippen LogP contribution in [0.2, 0.25) is 0 Å². The maximum Gasteiger partial charge on any atom is 0.293 e. The summed E-state index contributed by atoms with van der Waals surface area (Å²) in [5, 5.41) is 14.1. The van der Waals surface area contributed by atoms with Gasteiger partial charge >= 0.3 is 0 Å². The average molecular weight is 207 g/mol. The largest absolute Gasteiger partial charge is 0.331 e. The van der Waals surface area contributed by atoms with Gasteiger partial charge in [0, 0.05) is 7.05 Å². The predicted molar refractivity (Wildman–Crippen MR) is 47.5 cm³/mol. The number of hydrogen-bond donors (Lipinski definition) is 1. The summed E-state index contributed by atoms with van der Waals surface area (Å²) < 4.78 is 6.80. The van der Waals surface area contributed by atoms with Crippen molar-refractivity contribution in [3.8, 4) is 11.7 Å². The fourth-order valence-corrected chi connectivity index (χ4v) is 1.78.